The second-order valence-electron chi connectivity index (χ2n) is 6.49. The maximum absolute atomic E-state index is 12.1. The third kappa shape index (κ3) is 2.96. The Bertz CT molecular complexity index is 476. The maximum Gasteiger partial charge on any atom is 0.410 e. The van der Waals surface area contributed by atoms with Crippen molar-refractivity contribution in [2.75, 3.05) is 6.54 Å². The zero-order valence-electron chi connectivity index (χ0n) is 12.6. The van der Waals surface area contributed by atoms with Crippen LogP contribution in [-0.2, 0) is 10.3 Å². The van der Waals surface area contributed by atoms with Crippen LogP contribution >= 0.6 is 0 Å². The van der Waals surface area contributed by atoms with Gasteiger partial charge < -0.3 is 14.7 Å². The molecule has 0 bridgehead atoms. The molecule has 4 heteroatoms. The highest BCUT2D eigenvalue weighted by Crippen LogP contribution is 2.36. The molecule has 1 N–H and O–H groups in total. The minimum Gasteiger partial charge on any atom is -0.444 e. The first-order chi connectivity index (χ1) is 9.22. The van der Waals surface area contributed by atoms with Gasteiger partial charge in [0, 0.05) is 6.54 Å². The molecule has 0 aliphatic carbocycles. The van der Waals surface area contributed by atoms with Crippen LogP contribution in [0.5, 0.6) is 0 Å². The predicted octanol–water partition coefficient (Wildman–Crippen LogP) is 2.90. The van der Waals surface area contributed by atoms with Crippen molar-refractivity contribution < 1.29 is 14.6 Å². The van der Waals surface area contributed by atoms with E-state index in [4.69, 9.17) is 4.74 Å². The third-order valence-electron chi connectivity index (χ3n) is 3.65. The summed E-state index contributed by atoms with van der Waals surface area (Å²) in [5.41, 5.74) is -0.759. The summed E-state index contributed by atoms with van der Waals surface area (Å²) >= 11 is 0. The van der Waals surface area contributed by atoms with Crippen molar-refractivity contribution in [1.82, 2.24) is 4.90 Å². The number of amides is 1. The van der Waals surface area contributed by atoms with Crippen LogP contribution < -0.4 is 0 Å². The van der Waals surface area contributed by atoms with Gasteiger partial charge >= 0.3 is 6.09 Å². The fraction of sp³-hybridized carbons (Fsp3) is 0.562. The maximum atomic E-state index is 12.1. The first-order valence-corrected chi connectivity index (χ1v) is 6.99. The molecule has 1 amide bonds. The molecule has 0 aromatic heterocycles. The number of nitrogens with zero attached hydrogens (tertiary/aromatic N) is 1. The summed E-state index contributed by atoms with van der Waals surface area (Å²) in [5.74, 6) is 0. The van der Waals surface area contributed by atoms with Crippen LogP contribution in [0.3, 0.4) is 0 Å². The molecule has 0 spiro atoms. The summed E-state index contributed by atoms with van der Waals surface area (Å²) in [4.78, 5) is 13.7. The van der Waals surface area contributed by atoms with E-state index >= 15 is 0 Å². The average Bonchev–Trinajstić information content (AvgIpc) is 2.25. The number of rotatable bonds is 2. The topological polar surface area (TPSA) is 49.8 Å². The number of hydrogen-bond donors (Lipinski definition) is 1. The molecule has 1 aliphatic rings. The van der Waals surface area contributed by atoms with Crippen molar-refractivity contribution in [3.8, 4) is 0 Å². The second kappa shape index (κ2) is 5.09. The quantitative estimate of drug-likeness (QED) is 0.904. The van der Waals surface area contributed by atoms with Crippen molar-refractivity contribution in [1.29, 1.82) is 0 Å². The van der Waals surface area contributed by atoms with E-state index in [9.17, 15) is 9.90 Å². The Morgan fingerprint density at radius 1 is 1.25 bits per heavy atom. The first kappa shape index (κ1) is 14.9. The third-order valence-corrected chi connectivity index (χ3v) is 3.65. The fourth-order valence-electron chi connectivity index (χ4n) is 2.48. The summed E-state index contributed by atoms with van der Waals surface area (Å²) in [5, 5.41) is 10.8. The minimum atomic E-state index is -1.06. The number of ether oxygens (including phenoxy) is 1. The van der Waals surface area contributed by atoms with Crippen LogP contribution in [0.15, 0.2) is 30.3 Å². The molecule has 2 atom stereocenters. The molecule has 20 heavy (non-hydrogen) atoms. The lowest BCUT2D eigenvalue weighted by Gasteiger charge is -2.48. The molecule has 1 heterocycles. The molecule has 1 aliphatic heterocycles. The molecule has 1 aromatic rings. The molecule has 1 fully saturated rings. The van der Waals surface area contributed by atoms with Gasteiger partial charge in [-0.25, -0.2) is 4.79 Å². The SMILES string of the molecule is CC(C)(C)OC(=O)N1CC[C@H]1C(C)(O)c1ccccc1. The van der Waals surface area contributed by atoms with Gasteiger partial charge in [-0.2, -0.15) is 0 Å². The van der Waals surface area contributed by atoms with Gasteiger partial charge in [-0.3, -0.25) is 0 Å². The Labute approximate surface area is 120 Å². The molecule has 1 unspecified atom stereocenters. The van der Waals surface area contributed by atoms with Crippen molar-refractivity contribution in [2.45, 2.75) is 51.4 Å². The monoisotopic (exact) mass is 277 g/mol. The number of likely N-dealkylation sites (tertiary alicyclic amines) is 1. The smallest absolute Gasteiger partial charge is 0.410 e. The second-order valence-corrected chi connectivity index (χ2v) is 6.49. The Kier molecular flexibility index (Phi) is 3.78. The number of carbonyl (C=O) groups is 1. The lowest BCUT2D eigenvalue weighted by atomic mass is 9.81. The van der Waals surface area contributed by atoms with Crippen LogP contribution in [0.1, 0.15) is 39.7 Å². The van der Waals surface area contributed by atoms with E-state index in [-0.39, 0.29) is 12.1 Å². The van der Waals surface area contributed by atoms with Crippen LogP contribution in [0.25, 0.3) is 0 Å². The number of hydrogen-bond acceptors (Lipinski definition) is 3. The van der Waals surface area contributed by atoms with Crippen molar-refractivity contribution in [2.24, 2.45) is 0 Å². The number of aliphatic hydroxyl groups is 1. The van der Waals surface area contributed by atoms with Gasteiger partial charge in [-0.15, -0.1) is 0 Å². The summed E-state index contributed by atoms with van der Waals surface area (Å²) in [6.45, 7) is 7.91. The normalized spacial score (nSPS) is 21.9. The van der Waals surface area contributed by atoms with Gasteiger partial charge in [-0.1, -0.05) is 30.3 Å². The zero-order valence-corrected chi connectivity index (χ0v) is 12.6. The molecule has 110 valence electrons. The summed E-state index contributed by atoms with van der Waals surface area (Å²) in [6, 6.07) is 9.21. The molecular formula is C16H23NO3. The molecule has 1 aromatic carbocycles. The Morgan fingerprint density at radius 3 is 2.30 bits per heavy atom. The van der Waals surface area contributed by atoms with Crippen molar-refractivity contribution in [3.05, 3.63) is 35.9 Å². The molecule has 0 radical (unpaired) electrons. The van der Waals surface area contributed by atoms with Gasteiger partial charge in [0.1, 0.15) is 11.2 Å². The largest absolute Gasteiger partial charge is 0.444 e. The van der Waals surface area contributed by atoms with E-state index in [0.29, 0.717) is 6.54 Å². The Balaban J connectivity index is 2.12. The van der Waals surface area contributed by atoms with E-state index in [1.165, 1.54) is 0 Å². The van der Waals surface area contributed by atoms with Crippen LogP contribution in [0.2, 0.25) is 0 Å². The fourth-order valence-corrected chi connectivity index (χ4v) is 2.48. The van der Waals surface area contributed by atoms with E-state index in [1.54, 1.807) is 11.8 Å². The standard InChI is InChI=1S/C16H23NO3/c1-15(2,3)20-14(18)17-11-10-13(17)16(4,19)12-8-6-5-7-9-12/h5-9,13,19H,10-11H2,1-4H3/t13-,16?/m0/s1. The minimum absolute atomic E-state index is 0.236. The first-order valence-electron chi connectivity index (χ1n) is 6.99. The van der Waals surface area contributed by atoms with Crippen LogP contribution in [-0.4, -0.2) is 34.3 Å². The summed E-state index contributed by atoms with van der Waals surface area (Å²) < 4.78 is 5.38. The molecule has 0 saturated carbocycles. The van der Waals surface area contributed by atoms with Crippen molar-refractivity contribution >= 4 is 6.09 Å². The van der Waals surface area contributed by atoms with E-state index in [0.717, 1.165) is 12.0 Å². The molecule has 4 nitrogen and oxygen atoms in total. The number of carbonyl (C=O) groups excluding carboxylic acids is 1. The Morgan fingerprint density at radius 2 is 1.85 bits per heavy atom. The van der Waals surface area contributed by atoms with E-state index in [1.807, 2.05) is 51.1 Å². The highest BCUT2D eigenvalue weighted by molar-refractivity contribution is 5.70. The lowest BCUT2D eigenvalue weighted by molar-refractivity contribution is -0.0890. The highest BCUT2D eigenvalue weighted by Gasteiger charge is 2.46. The van der Waals surface area contributed by atoms with Crippen LogP contribution in [0, 0.1) is 0 Å². The number of benzene rings is 1. The molecular weight excluding hydrogens is 254 g/mol. The zero-order chi connectivity index (χ0) is 15.0. The average molecular weight is 277 g/mol. The van der Waals surface area contributed by atoms with Crippen molar-refractivity contribution in [3.63, 3.8) is 0 Å². The van der Waals surface area contributed by atoms with Gasteiger partial charge in [0.2, 0.25) is 0 Å². The Hall–Kier alpha value is -1.55. The molecule has 1 saturated heterocycles. The van der Waals surface area contributed by atoms with Gasteiger partial charge in [0.15, 0.2) is 0 Å². The van der Waals surface area contributed by atoms with Gasteiger partial charge in [0.05, 0.1) is 6.04 Å². The van der Waals surface area contributed by atoms with Crippen LogP contribution in [0.4, 0.5) is 4.79 Å². The van der Waals surface area contributed by atoms with E-state index in [2.05, 4.69) is 0 Å². The highest BCUT2D eigenvalue weighted by atomic mass is 16.6. The van der Waals surface area contributed by atoms with Gasteiger partial charge in [0.25, 0.3) is 0 Å². The van der Waals surface area contributed by atoms with E-state index < -0.39 is 11.2 Å². The lowest BCUT2D eigenvalue weighted by Crippen LogP contribution is -2.61. The molecule has 2 rings (SSSR count). The summed E-state index contributed by atoms with van der Waals surface area (Å²) in [6.07, 6.45) is 0.422. The van der Waals surface area contributed by atoms with Gasteiger partial charge in [-0.05, 0) is 39.7 Å². The summed E-state index contributed by atoms with van der Waals surface area (Å²) in [7, 11) is 0. The predicted molar refractivity (Wildman–Crippen MR) is 77.4 cm³/mol.